The fourth-order valence-corrected chi connectivity index (χ4v) is 1.79. The Balaban J connectivity index is 2.21. The fourth-order valence-electron chi connectivity index (χ4n) is 1.79. The van der Waals surface area contributed by atoms with Gasteiger partial charge in [0.25, 0.3) is 5.91 Å². The standard InChI is InChI=1S/C15H18N4O/c1-11(2)18-14-9-13(16-10-17-14)15(20)19(3)12-7-5-4-6-8-12/h4-11H,1-3H3,(H,16,17,18). The number of nitrogens with one attached hydrogen (secondary N) is 1. The average molecular weight is 270 g/mol. The Hall–Kier alpha value is -2.43. The molecule has 0 unspecified atom stereocenters. The number of carbonyl (C=O) groups is 1. The van der Waals surface area contributed by atoms with Crippen molar-refractivity contribution in [2.45, 2.75) is 19.9 Å². The average Bonchev–Trinajstić information content (AvgIpc) is 2.46. The summed E-state index contributed by atoms with van der Waals surface area (Å²) in [6.07, 6.45) is 1.40. The first-order valence-electron chi connectivity index (χ1n) is 6.49. The molecule has 0 spiro atoms. The van der Waals surface area contributed by atoms with E-state index in [-0.39, 0.29) is 11.9 Å². The summed E-state index contributed by atoms with van der Waals surface area (Å²) in [7, 11) is 1.73. The number of anilines is 2. The first-order valence-corrected chi connectivity index (χ1v) is 6.49. The van der Waals surface area contributed by atoms with Crippen LogP contribution in [0, 0.1) is 0 Å². The Labute approximate surface area is 118 Å². The van der Waals surface area contributed by atoms with Crippen molar-refractivity contribution in [2.24, 2.45) is 0 Å². The molecule has 0 aliphatic carbocycles. The third-order valence-electron chi connectivity index (χ3n) is 2.77. The third kappa shape index (κ3) is 3.32. The van der Waals surface area contributed by atoms with Crippen LogP contribution in [0.1, 0.15) is 24.3 Å². The largest absolute Gasteiger partial charge is 0.368 e. The molecule has 0 atom stereocenters. The van der Waals surface area contributed by atoms with E-state index in [2.05, 4.69) is 15.3 Å². The van der Waals surface area contributed by atoms with Gasteiger partial charge in [0, 0.05) is 24.8 Å². The van der Waals surface area contributed by atoms with E-state index in [4.69, 9.17) is 0 Å². The fraction of sp³-hybridized carbons (Fsp3) is 0.267. The quantitative estimate of drug-likeness (QED) is 0.927. The van der Waals surface area contributed by atoms with Gasteiger partial charge in [0.05, 0.1) is 0 Å². The molecule has 0 bridgehead atoms. The molecule has 5 nitrogen and oxygen atoms in total. The minimum absolute atomic E-state index is 0.162. The maximum atomic E-state index is 12.4. The maximum Gasteiger partial charge on any atom is 0.276 e. The van der Waals surface area contributed by atoms with Gasteiger partial charge < -0.3 is 10.2 Å². The lowest BCUT2D eigenvalue weighted by molar-refractivity contribution is 0.0988. The van der Waals surface area contributed by atoms with Crippen molar-refractivity contribution in [3.05, 3.63) is 48.4 Å². The van der Waals surface area contributed by atoms with E-state index < -0.39 is 0 Å². The molecule has 0 saturated heterocycles. The molecular formula is C15H18N4O. The summed E-state index contributed by atoms with van der Waals surface area (Å²) in [5.41, 5.74) is 1.20. The van der Waals surface area contributed by atoms with E-state index in [1.807, 2.05) is 44.2 Å². The summed E-state index contributed by atoms with van der Waals surface area (Å²) in [4.78, 5) is 22.1. The number of hydrogen-bond acceptors (Lipinski definition) is 4. The van der Waals surface area contributed by atoms with Crippen molar-refractivity contribution in [3.8, 4) is 0 Å². The van der Waals surface area contributed by atoms with Gasteiger partial charge in [-0.25, -0.2) is 9.97 Å². The minimum Gasteiger partial charge on any atom is -0.368 e. The molecule has 1 amide bonds. The molecule has 0 fully saturated rings. The van der Waals surface area contributed by atoms with Crippen LogP contribution in [-0.4, -0.2) is 29.0 Å². The Morgan fingerprint density at radius 1 is 1.20 bits per heavy atom. The summed E-state index contributed by atoms with van der Waals surface area (Å²) in [6.45, 7) is 4.03. The Kier molecular flexibility index (Phi) is 4.30. The Morgan fingerprint density at radius 2 is 1.90 bits per heavy atom. The van der Waals surface area contributed by atoms with E-state index in [0.717, 1.165) is 5.69 Å². The number of hydrogen-bond donors (Lipinski definition) is 1. The second-order valence-corrected chi connectivity index (χ2v) is 4.79. The molecule has 1 aromatic carbocycles. The van der Waals surface area contributed by atoms with Gasteiger partial charge in [0.1, 0.15) is 17.8 Å². The van der Waals surface area contributed by atoms with Gasteiger partial charge in [-0.3, -0.25) is 4.79 Å². The van der Waals surface area contributed by atoms with E-state index in [0.29, 0.717) is 11.5 Å². The molecule has 1 N–H and O–H groups in total. The number of benzene rings is 1. The lowest BCUT2D eigenvalue weighted by Crippen LogP contribution is -2.27. The van der Waals surface area contributed by atoms with Crippen molar-refractivity contribution in [3.63, 3.8) is 0 Å². The molecule has 0 radical (unpaired) electrons. The zero-order chi connectivity index (χ0) is 14.5. The number of para-hydroxylation sites is 1. The molecule has 1 aromatic heterocycles. The predicted molar refractivity (Wildman–Crippen MR) is 80.0 cm³/mol. The molecule has 20 heavy (non-hydrogen) atoms. The van der Waals surface area contributed by atoms with Crippen LogP contribution >= 0.6 is 0 Å². The van der Waals surface area contributed by atoms with Crippen LogP contribution in [-0.2, 0) is 0 Å². The smallest absolute Gasteiger partial charge is 0.276 e. The van der Waals surface area contributed by atoms with Crippen LogP contribution in [0.3, 0.4) is 0 Å². The summed E-state index contributed by atoms with van der Waals surface area (Å²) in [6, 6.07) is 11.4. The third-order valence-corrected chi connectivity index (χ3v) is 2.77. The highest BCUT2D eigenvalue weighted by atomic mass is 16.2. The van der Waals surface area contributed by atoms with Crippen molar-refractivity contribution in [2.75, 3.05) is 17.3 Å². The molecule has 0 saturated carbocycles. The van der Waals surface area contributed by atoms with Crippen LogP contribution in [0.5, 0.6) is 0 Å². The van der Waals surface area contributed by atoms with Crippen LogP contribution in [0.4, 0.5) is 11.5 Å². The van der Waals surface area contributed by atoms with Gasteiger partial charge in [-0.15, -0.1) is 0 Å². The highest BCUT2D eigenvalue weighted by molar-refractivity contribution is 6.04. The van der Waals surface area contributed by atoms with Gasteiger partial charge in [0.2, 0.25) is 0 Å². The van der Waals surface area contributed by atoms with Crippen molar-refractivity contribution >= 4 is 17.4 Å². The van der Waals surface area contributed by atoms with Crippen LogP contribution < -0.4 is 10.2 Å². The molecule has 2 aromatic rings. The van der Waals surface area contributed by atoms with Crippen molar-refractivity contribution in [1.82, 2.24) is 9.97 Å². The van der Waals surface area contributed by atoms with Gasteiger partial charge in [0.15, 0.2) is 0 Å². The van der Waals surface area contributed by atoms with E-state index in [1.54, 1.807) is 18.0 Å². The summed E-state index contributed by atoms with van der Waals surface area (Å²) >= 11 is 0. The van der Waals surface area contributed by atoms with E-state index in [1.165, 1.54) is 6.33 Å². The van der Waals surface area contributed by atoms with Crippen LogP contribution in [0.2, 0.25) is 0 Å². The van der Waals surface area contributed by atoms with Gasteiger partial charge >= 0.3 is 0 Å². The highest BCUT2D eigenvalue weighted by Crippen LogP contribution is 2.15. The molecular weight excluding hydrogens is 252 g/mol. The summed E-state index contributed by atoms with van der Waals surface area (Å²) in [5.74, 6) is 0.491. The Bertz CT molecular complexity index is 583. The summed E-state index contributed by atoms with van der Waals surface area (Å²) in [5, 5.41) is 3.16. The van der Waals surface area contributed by atoms with E-state index in [9.17, 15) is 4.79 Å². The second-order valence-electron chi connectivity index (χ2n) is 4.79. The topological polar surface area (TPSA) is 58.1 Å². The highest BCUT2D eigenvalue weighted by Gasteiger charge is 2.15. The number of rotatable bonds is 4. The van der Waals surface area contributed by atoms with Crippen LogP contribution in [0.15, 0.2) is 42.7 Å². The molecule has 5 heteroatoms. The number of amides is 1. The zero-order valence-electron chi connectivity index (χ0n) is 11.9. The Morgan fingerprint density at radius 3 is 2.55 bits per heavy atom. The lowest BCUT2D eigenvalue weighted by Gasteiger charge is -2.17. The first-order chi connectivity index (χ1) is 9.58. The van der Waals surface area contributed by atoms with Gasteiger partial charge in [-0.05, 0) is 26.0 Å². The number of aromatic nitrogens is 2. The molecule has 0 aliphatic rings. The van der Waals surface area contributed by atoms with Gasteiger partial charge in [-0.2, -0.15) is 0 Å². The molecule has 1 heterocycles. The molecule has 2 rings (SSSR count). The molecule has 104 valence electrons. The normalized spacial score (nSPS) is 10.4. The van der Waals surface area contributed by atoms with Crippen molar-refractivity contribution in [1.29, 1.82) is 0 Å². The second kappa shape index (κ2) is 6.14. The predicted octanol–water partition coefficient (Wildman–Crippen LogP) is 2.57. The van der Waals surface area contributed by atoms with E-state index >= 15 is 0 Å². The monoisotopic (exact) mass is 270 g/mol. The zero-order valence-corrected chi connectivity index (χ0v) is 11.9. The number of nitrogens with zero attached hydrogens (tertiary/aromatic N) is 3. The first kappa shape index (κ1) is 14.0. The summed E-state index contributed by atoms with van der Waals surface area (Å²) < 4.78 is 0. The van der Waals surface area contributed by atoms with Crippen molar-refractivity contribution < 1.29 is 4.79 Å². The number of carbonyl (C=O) groups excluding carboxylic acids is 1. The lowest BCUT2D eigenvalue weighted by atomic mass is 10.2. The van der Waals surface area contributed by atoms with Crippen LogP contribution in [0.25, 0.3) is 0 Å². The minimum atomic E-state index is -0.162. The van der Waals surface area contributed by atoms with Gasteiger partial charge in [-0.1, -0.05) is 18.2 Å². The molecule has 0 aliphatic heterocycles. The SMILES string of the molecule is CC(C)Nc1cc(C(=O)N(C)c2ccccc2)ncn1. The maximum absolute atomic E-state index is 12.4.